The molecule has 0 radical (unpaired) electrons. The molecule has 0 saturated heterocycles. The smallest absolute Gasteiger partial charge is 0.143 e. The third kappa shape index (κ3) is 5.76. The molecule has 9 nitrogen and oxygen atoms in total. The first-order valence-electron chi connectivity index (χ1n) is 16.0. The van der Waals surface area contributed by atoms with Crippen LogP contribution in [0.25, 0.3) is 45.6 Å². The molecule has 1 aliphatic rings. The lowest BCUT2D eigenvalue weighted by molar-refractivity contribution is 0.222. The summed E-state index contributed by atoms with van der Waals surface area (Å²) in [7, 11) is 0. The molecule has 0 saturated carbocycles. The molecule has 0 aliphatic carbocycles. The van der Waals surface area contributed by atoms with Crippen molar-refractivity contribution in [3.8, 4) is 68.4 Å². The van der Waals surface area contributed by atoms with Gasteiger partial charge < -0.3 is 44.9 Å². The van der Waals surface area contributed by atoms with Crippen molar-refractivity contribution in [2.45, 2.75) is 12.0 Å². The first-order valence-corrected chi connectivity index (χ1v) is 16.0. The topological polar surface area (TPSA) is 164 Å². The summed E-state index contributed by atoms with van der Waals surface area (Å²) >= 11 is 0. The van der Waals surface area contributed by atoms with Gasteiger partial charge in [-0.3, -0.25) is 0 Å². The maximum Gasteiger partial charge on any atom is 0.143 e. The Morgan fingerprint density at radius 1 is 0.490 bits per heavy atom. The molecule has 51 heavy (non-hydrogen) atoms. The van der Waals surface area contributed by atoms with Crippen molar-refractivity contribution in [1.29, 1.82) is 0 Å². The monoisotopic (exact) mass is 678 g/mol. The number of hydrogen-bond donors (Lipinski definition) is 7. The summed E-state index contributed by atoms with van der Waals surface area (Å²) in [4.78, 5) is 0. The molecule has 0 bridgehead atoms. The Kier molecular flexibility index (Phi) is 7.45. The van der Waals surface area contributed by atoms with E-state index in [-0.39, 0.29) is 40.2 Å². The zero-order chi connectivity index (χ0) is 35.4. The van der Waals surface area contributed by atoms with Crippen molar-refractivity contribution in [3.63, 3.8) is 0 Å². The fourth-order valence-electron chi connectivity index (χ4n) is 6.89. The van der Waals surface area contributed by atoms with E-state index in [1.165, 1.54) is 24.3 Å². The predicted molar refractivity (Wildman–Crippen MR) is 192 cm³/mol. The summed E-state index contributed by atoms with van der Waals surface area (Å²) in [5.41, 5.74) is 5.57. The molecule has 1 aliphatic heterocycles. The van der Waals surface area contributed by atoms with Gasteiger partial charge in [0.05, 0.1) is 5.92 Å². The Morgan fingerprint density at radius 2 is 1.04 bits per heavy atom. The van der Waals surface area contributed by atoms with Crippen molar-refractivity contribution < 1.29 is 44.9 Å². The van der Waals surface area contributed by atoms with Crippen molar-refractivity contribution in [2.75, 3.05) is 0 Å². The van der Waals surface area contributed by atoms with Gasteiger partial charge in [0.2, 0.25) is 0 Å². The second-order valence-corrected chi connectivity index (χ2v) is 12.5. The van der Waals surface area contributed by atoms with Gasteiger partial charge >= 0.3 is 0 Å². The summed E-state index contributed by atoms with van der Waals surface area (Å²) in [5.74, 6) is -0.128. The molecule has 9 heteroatoms. The van der Waals surface area contributed by atoms with E-state index in [9.17, 15) is 35.7 Å². The van der Waals surface area contributed by atoms with E-state index < -0.39 is 12.0 Å². The molecule has 7 aromatic rings. The van der Waals surface area contributed by atoms with Gasteiger partial charge in [-0.15, -0.1) is 0 Å². The Bertz CT molecular complexity index is 2420. The second kappa shape index (κ2) is 12.2. The van der Waals surface area contributed by atoms with E-state index in [1.54, 1.807) is 91.0 Å². The van der Waals surface area contributed by atoms with Gasteiger partial charge in [0.1, 0.15) is 63.4 Å². The Balaban J connectivity index is 1.48. The molecule has 252 valence electrons. The van der Waals surface area contributed by atoms with Crippen LogP contribution in [0.4, 0.5) is 0 Å². The third-order valence-electron chi connectivity index (χ3n) is 9.05. The molecular weight excluding hydrogens is 648 g/mol. The van der Waals surface area contributed by atoms with Crippen LogP contribution in [0, 0.1) is 0 Å². The van der Waals surface area contributed by atoms with Gasteiger partial charge in [-0.25, -0.2) is 0 Å². The summed E-state index contributed by atoms with van der Waals surface area (Å²) in [5, 5.41) is 73.1. The van der Waals surface area contributed by atoms with E-state index >= 15 is 0 Å². The summed E-state index contributed by atoms with van der Waals surface area (Å²) < 4.78 is 13.3. The Labute approximate surface area is 291 Å². The van der Waals surface area contributed by atoms with Crippen LogP contribution >= 0.6 is 0 Å². The molecule has 1 aromatic heterocycles. The number of fused-ring (bicyclic) bond motifs is 2. The fourth-order valence-corrected chi connectivity index (χ4v) is 6.89. The highest BCUT2D eigenvalue weighted by Crippen LogP contribution is 2.56. The molecule has 2 heterocycles. The minimum absolute atomic E-state index is 0.0605. The largest absolute Gasteiger partial charge is 0.508 e. The van der Waals surface area contributed by atoms with Crippen LogP contribution in [0.3, 0.4) is 0 Å². The maximum atomic E-state index is 10.7. The molecule has 0 fully saturated rings. The van der Waals surface area contributed by atoms with Crippen LogP contribution in [0.2, 0.25) is 0 Å². The lowest BCUT2D eigenvalue weighted by Crippen LogP contribution is -2.12. The molecule has 0 spiro atoms. The Hall–Kier alpha value is -7.00. The number of aromatic hydroxyl groups is 7. The van der Waals surface area contributed by atoms with Crippen molar-refractivity contribution in [3.05, 3.63) is 143 Å². The van der Waals surface area contributed by atoms with Crippen LogP contribution < -0.4 is 4.74 Å². The van der Waals surface area contributed by atoms with E-state index in [4.69, 9.17) is 9.15 Å². The third-order valence-corrected chi connectivity index (χ3v) is 9.05. The van der Waals surface area contributed by atoms with Gasteiger partial charge in [0, 0.05) is 40.3 Å². The summed E-state index contributed by atoms with van der Waals surface area (Å²) in [6.07, 6.45) is 3.13. The van der Waals surface area contributed by atoms with Crippen LogP contribution in [-0.4, -0.2) is 35.7 Å². The molecule has 0 unspecified atom stereocenters. The minimum atomic E-state index is -0.659. The average Bonchev–Trinajstić information content (AvgIpc) is 3.66. The van der Waals surface area contributed by atoms with E-state index in [0.29, 0.717) is 55.9 Å². The van der Waals surface area contributed by atoms with Crippen LogP contribution in [0.1, 0.15) is 39.8 Å². The number of hydrogen-bond acceptors (Lipinski definition) is 9. The molecule has 8 rings (SSSR count). The van der Waals surface area contributed by atoms with Crippen molar-refractivity contribution >= 4 is 23.1 Å². The number of ether oxygens (including phenoxy) is 1. The average molecular weight is 679 g/mol. The zero-order valence-corrected chi connectivity index (χ0v) is 26.7. The highest BCUT2D eigenvalue weighted by atomic mass is 16.5. The summed E-state index contributed by atoms with van der Waals surface area (Å²) in [6.45, 7) is 0. The van der Waals surface area contributed by atoms with Gasteiger partial charge in [0.15, 0.2) is 0 Å². The van der Waals surface area contributed by atoms with Crippen molar-refractivity contribution in [1.82, 2.24) is 0 Å². The number of phenols is 7. The number of phenolic OH excluding ortho intramolecular Hbond substituents is 7. The van der Waals surface area contributed by atoms with Crippen LogP contribution in [-0.2, 0) is 0 Å². The molecule has 2 atom stereocenters. The zero-order valence-electron chi connectivity index (χ0n) is 26.7. The molecular formula is C42H30O9. The second-order valence-electron chi connectivity index (χ2n) is 12.5. The van der Waals surface area contributed by atoms with E-state index in [0.717, 1.165) is 11.1 Å². The van der Waals surface area contributed by atoms with Crippen LogP contribution in [0.15, 0.2) is 120 Å². The lowest BCUT2D eigenvalue weighted by atomic mass is 9.81. The highest BCUT2D eigenvalue weighted by molar-refractivity contribution is 6.08. The molecule has 6 aromatic carbocycles. The number of rotatable bonds is 6. The van der Waals surface area contributed by atoms with E-state index in [2.05, 4.69) is 0 Å². The van der Waals surface area contributed by atoms with E-state index in [1.807, 2.05) is 12.2 Å². The predicted octanol–water partition coefficient (Wildman–Crippen LogP) is 9.14. The van der Waals surface area contributed by atoms with Gasteiger partial charge in [-0.05, 0) is 88.5 Å². The van der Waals surface area contributed by atoms with Crippen molar-refractivity contribution in [2.24, 2.45) is 0 Å². The first-order chi connectivity index (χ1) is 24.6. The van der Waals surface area contributed by atoms with Crippen LogP contribution in [0.5, 0.6) is 46.0 Å². The molecule has 7 N–H and O–H groups in total. The number of benzene rings is 6. The quantitative estimate of drug-likeness (QED) is 0.0850. The molecule has 0 amide bonds. The highest BCUT2D eigenvalue weighted by Gasteiger charge is 2.41. The fraction of sp³-hybridized carbons (Fsp3) is 0.0476. The SMILES string of the molecule is Oc1ccc(C=Cc2c3c(cc4oc(-c5cc(O)cc(O)c5)c(-c5ccc(O)cc5)c24)O[C@H](c2ccc(O)cc2)[C@H]3c2cc(O)cc(O)c2)cc1. The number of furan rings is 1. The van der Waals surface area contributed by atoms with Gasteiger partial charge in [0.25, 0.3) is 0 Å². The minimum Gasteiger partial charge on any atom is -0.508 e. The maximum absolute atomic E-state index is 10.7. The summed E-state index contributed by atoms with van der Waals surface area (Å²) in [6, 6.07) is 30.3. The normalized spacial score (nSPS) is 15.3. The lowest BCUT2D eigenvalue weighted by Gasteiger charge is -2.21. The Morgan fingerprint density at radius 3 is 1.65 bits per heavy atom. The van der Waals surface area contributed by atoms with Gasteiger partial charge in [-0.2, -0.15) is 0 Å². The standard InChI is InChI=1S/C42H30O9/c43-27-8-1-22(2-9-27)3-14-34-39-35(51-42(26-17-32(48)20-33(49)18-26)37(39)23-4-10-28(44)11-5-23)21-36-40(34)38(25-15-30(46)19-31(47)16-25)41(50-36)24-6-12-29(45)13-7-24/h1-21,38,41,43-49H/t38-,41+/m0/s1. The first kappa shape index (κ1) is 31.3. The van der Waals surface area contributed by atoms with Gasteiger partial charge in [-0.1, -0.05) is 48.6 Å².